The largest absolute Gasteiger partial charge is 0.487 e. The maximum Gasteiger partial charge on any atom is 0.320 e. The van der Waals surface area contributed by atoms with Gasteiger partial charge in [-0.3, -0.25) is 14.7 Å². The number of hydrogen-bond donors (Lipinski definition) is 1. The summed E-state index contributed by atoms with van der Waals surface area (Å²) in [6.45, 7) is 5.92. The van der Waals surface area contributed by atoms with Gasteiger partial charge in [0.05, 0.1) is 5.69 Å². The summed E-state index contributed by atoms with van der Waals surface area (Å²) < 4.78 is 7.50. The number of carboxylic acid groups (broad SMARTS) is 1. The van der Waals surface area contributed by atoms with Crippen LogP contribution in [0.1, 0.15) is 52.8 Å². The molecule has 0 radical (unpaired) electrons. The number of benzene rings is 3. The van der Waals surface area contributed by atoms with E-state index in [1.165, 1.54) is 16.7 Å². The van der Waals surface area contributed by atoms with Crippen LogP contribution in [-0.2, 0) is 17.9 Å². The number of likely N-dealkylation sites (tertiary alicyclic amines) is 1. The summed E-state index contributed by atoms with van der Waals surface area (Å²) >= 11 is 2.28. The fraction of sp³-hybridized carbons (Fsp3) is 0.257. The van der Waals surface area contributed by atoms with Gasteiger partial charge in [0.15, 0.2) is 0 Å². The molecule has 0 aliphatic carbocycles. The monoisotopic (exact) mass is 658 g/mol. The molecule has 1 N–H and O–H groups in total. The Balaban J connectivity index is 1.46. The van der Waals surface area contributed by atoms with Gasteiger partial charge in [-0.05, 0) is 107 Å². The van der Waals surface area contributed by atoms with Crippen molar-refractivity contribution in [2.24, 2.45) is 0 Å². The van der Waals surface area contributed by atoms with Crippen LogP contribution in [0, 0.1) is 17.4 Å². The molecule has 3 aromatic carbocycles. The summed E-state index contributed by atoms with van der Waals surface area (Å²) in [5, 5.41) is 9.83. The van der Waals surface area contributed by atoms with E-state index in [0.717, 1.165) is 56.7 Å². The van der Waals surface area contributed by atoms with E-state index in [0.29, 0.717) is 19.6 Å². The van der Waals surface area contributed by atoms with E-state index in [1.54, 1.807) is 6.20 Å². The second-order valence-corrected chi connectivity index (χ2v) is 11.9. The first-order valence-corrected chi connectivity index (χ1v) is 15.1. The summed E-state index contributed by atoms with van der Waals surface area (Å²) in [5.74, 6) is 0.0139. The van der Waals surface area contributed by atoms with Crippen molar-refractivity contribution in [2.75, 3.05) is 6.54 Å². The Morgan fingerprint density at radius 3 is 2.61 bits per heavy atom. The van der Waals surface area contributed by atoms with Crippen LogP contribution in [0.2, 0.25) is 0 Å². The molecule has 0 bridgehead atoms. The molecule has 210 valence electrons. The number of hydrogen-bond acceptors (Lipinski definition) is 4. The first kappa shape index (κ1) is 29.0. The predicted molar refractivity (Wildman–Crippen MR) is 174 cm³/mol. The van der Waals surface area contributed by atoms with Gasteiger partial charge in [0.25, 0.3) is 0 Å². The van der Waals surface area contributed by atoms with Crippen LogP contribution < -0.4 is 4.74 Å². The molecular weight excluding hydrogens is 623 g/mol. The van der Waals surface area contributed by atoms with Crippen LogP contribution in [0.3, 0.4) is 0 Å². The lowest BCUT2D eigenvalue weighted by molar-refractivity contribution is -0.144. The summed E-state index contributed by atoms with van der Waals surface area (Å²) in [5.41, 5.74) is 8.87. The number of aliphatic carboxylic acids is 1. The van der Waals surface area contributed by atoms with Gasteiger partial charge in [-0.25, -0.2) is 0 Å². The second kappa shape index (κ2) is 13.4. The van der Waals surface area contributed by atoms with Crippen molar-refractivity contribution < 1.29 is 14.6 Å². The van der Waals surface area contributed by atoms with Crippen LogP contribution >= 0.6 is 22.6 Å². The van der Waals surface area contributed by atoms with Crippen molar-refractivity contribution in [2.45, 2.75) is 52.3 Å². The van der Waals surface area contributed by atoms with Gasteiger partial charge in [0.1, 0.15) is 18.4 Å². The van der Waals surface area contributed by atoms with E-state index < -0.39 is 12.0 Å². The summed E-state index contributed by atoms with van der Waals surface area (Å²) in [6.07, 6.45) is 8.74. The number of carboxylic acids is 1. The Hall–Kier alpha value is -3.49. The molecule has 1 unspecified atom stereocenters. The zero-order valence-electron chi connectivity index (χ0n) is 23.5. The third-order valence-corrected chi connectivity index (χ3v) is 8.45. The van der Waals surface area contributed by atoms with Crippen LogP contribution in [0.25, 0.3) is 23.3 Å². The highest BCUT2D eigenvalue weighted by atomic mass is 127. The zero-order chi connectivity index (χ0) is 28.8. The highest BCUT2D eigenvalue weighted by Gasteiger charge is 2.29. The van der Waals surface area contributed by atoms with Gasteiger partial charge in [-0.15, -0.1) is 0 Å². The zero-order valence-corrected chi connectivity index (χ0v) is 25.7. The molecular formula is C35H35IN2O3. The average molecular weight is 659 g/mol. The lowest BCUT2D eigenvalue weighted by Gasteiger charge is -2.33. The third kappa shape index (κ3) is 7.24. The fourth-order valence-corrected chi connectivity index (χ4v) is 6.02. The Bertz CT molecular complexity index is 1550. The van der Waals surface area contributed by atoms with Gasteiger partial charge in [0, 0.05) is 21.9 Å². The molecule has 5 rings (SSSR count). The Labute approximate surface area is 256 Å². The number of piperidine rings is 1. The van der Waals surface area contributed by atoms with Crippen molar-refractivity contribution in [1.29, 1.82) is 0 Å². The molecule has 1 atom stereocenters. The molecule has 4 aromatic rings. The number of halogens is 1. The molecule has 41 heavy (non-hydrogen) atoms. The maximum atomic E-state index is 12.0. The van der Waals surface area contributed by atoms with E-state index in [1.807, 2.05) is 18.2 Å². The molecule has 2 heterocycles. The van der Waals surface area contributed by atoms with Crippen molar-refractivity contribution >= 4 is 40.7 Å². The van der Waals surface area contributed by atoms with Gasteiger partial charge in [0.2, 0.25) is 0 Å². The van der Waals surface area contributed by atoms with Gasteiger partial charge >= 0.3 is 5.97 Å². The minimum Gasteiger partial charge on any atom is -0.487 e. The van der Waals surface area contributed by atoms with Crippen LogP contribution in [0.4, 0.5) is 0 Å². The molecule has 1 aliphatic rings. The average Bonchev–Trinajstić information content (AvgIpc) is 2.97. The van der Waals surface area contributed by atoms with Crippen molar-refractivity contribution in [3.8, 4) is 16.9 Å². The molecule has 0 spiro atoms. The molecule has 1 saturated heterocycles. The number of rotatable bonds is 9. The number of nitrogens with zero attached hydrogens (tertiary/aromatic N) is 2. The van der Waals surface area contributed by atoms with Gasteiger partial charge < -0.3 is 9.84 Å². The standard InChI is InChI=1S/C35H35IN2O3/c1-24-19-29(22-38-18-7-6-13-33(38)35(39)40)34(41-23-31-21-30(36)16-17-37-31)20-28(24)15-14-26-11-8-12-32(25(26)2)27-9-4-3-5-10-27/h3-5,8-12,14-17,19-21,33H,6-7,13,18,22-23H2,1-2H3,(H,39,40)/b15-14+. The number of ether oxygens (including phenoxy) is 1. The Morgan fingerprint density at radius 1 is 1.02 bits per heavy atom. The van der Waals surface area contributed by atoms with Crippen LogP contribution in [0.5, 0.6) is 5.75 Å². The Kier molecular flexibility index (Phi) is 9.52. The van der Waals surface area contributed by atoms with Crippen molar-refractivity contribution in [3.63, 3.8) is 0 Å². The minimum absolute atomic E-state index is 0.344. The molecule has 1 aromatic heterocycles. The number of carbonyl (C=O) groups is 1. The normalized spacial score (nSPS) is 15.7. The Morgan fingerprint density at radius 2 is 1.83 bits per heavy atom. The SMILES string of the molecule is Cc1cc(CN2CCCCC2C(=O)O)c(OCc2cc(I)ccn2)cc1/C=C/c1cccc(-c2ccccc2)c1C. The molecule has 0 saturated carbocycles. The van der Waals surface area contributed by atoms with Crippen LogP contribution in [-0.4, -0.2) is 33.5 Å². The lowest BCUT2D eigenvalue weighted by atomic mass is 9.95. The van der Waals surface area contributed by atoms with Crippen molar-refractivity contribution in [3.05, 3.63) is 116 Å². The minimum atomic E-state index is -0.750. The third-order valence-electron chi connectivity index (χ3n) is 7.78. The van der Waals surface area contributed by atoms with Gasteiger partial charge in [-0.2, -0.15) is 0 Å². The molecule has 0 amide bonds. The van der Waals surface area contributed by atoms with E-state index in [9.17, 15) is 9.90 Å². The highest BCUT2D eigenvalue weighted by molar-refractivity contribution is 14.1. The number of aromatic nitrogens is 1. The number of pyridine rings is 1. The first-order valence-electron chi connectivity index (χ1n) is 14.1. The fourth-order valence-electron chi connectivity index (χ4n) is 5.50. The summed E-state index contributed by atoms with van der Waals surface area (Å²) in [4.78, 5) is 18.5. The van der Waals surface area contributed by atoms with E-state index in [2.05, 4.69) is 113 Å². The van der Waals surface area contributed by atoms with Gasteiger partial charge in [-0.1, -0.05) is 73.2 Å². The smallest absolute Gasteiger partial charge is 0.320 e. The highest BCUT2D eigenvalue weighted by Crippen LogP contribution is 2.31. The van der Waals surface area contributed by atoms with Crippen LogP contribution in [0.15, 0.2) is 79.0 Å². The topological polar surface area (TPSA) is 62.7 Å². The second-order valence-electron chi connectivity index (χ2n) is 10.6. The summed E-state index contributed by atoms with van der Waals surface area (Å²) in [7, 11) is 0. The molecule has 1 fully saturated rings. The molecule has 6 heteroatoms. The molecule has 5 nitrogen and oxygen atoms in total. The quantitative estimate of drug-likeness (QED) is 0.145. The maximum absolute atomic E-state index is 12.0. The van der Waals surface area contributed by atoms with E-state index in [-0.39, 0.29) is 0 Å². The molecule has 1 aliphatic heterocycles. The lowest BCUT2D eigenvalue weighted by Crippen LogP contribution is -2.44. The van der Waals surface area contributed by atoms with E-state index in [4.69, 9.17) is 4.74 Å². The van der Waals surface area contributed by atoms with Crippen molar-refractivity contribution in [1.82, 2.24) is 9.88 Å². The number of aryl methyl sites for hydroxylation is 1. The van der Waals surface area contributed by atoms with E-state index >= 15 is 0 Å². The first-order chi connectivity index (χ1) is 19.9. The summed E-state index contributed by atoms with van der Waals surface area (Å²) in [6, 6.07) is 24.6. The predicted octanol–water partition coefficient (Wildman–Crippen LogP) is 8.16.